The standard InChI is InChI=1S/C16H22BrF2NO/c1-2-11-4-3-5-14(8-11)20-10-12-9-13(17)6-7-15(12)21-16(18)19/h6-7,9,11,14,16,20H,2-5,8,10H2,1H3. The fourth-order valence-electron chi connectivity index (χ4n) is 3.00. The first-order chi connectivity index (χ1) is 10.1. The van der Waals surface area contributed by atoms with E-state index in [0.29, 0.717) is 12.6 Å². The van der Waals surface area contributed by atoms with Crippen molar-refractivity contribution in [2.24, 2.45) is 5.92 Å². The third-order valence-electron chi connectivity index (χ3n) is 4.18. The molecule has 1 aromatic carbocycles. The fraction of sp³-hybridized carbons (Fsp3) is 0.625. The van der Waals surface area contributed by atoms with Crippen LogP contribution in [0.1, 0.15) is 44.6 Å². The molecule has 1 saturated carbocycles. The number of nitrogens with one attached hydrogen (secondary N) is 1. The zero-order valence-electron chi connectivity index (χ0n) is 12.2. The summed E-state index contributed by atoms with van der Waals surface area (Å²) in [7, 11) is 0. The predicted octanol–water partition coefficient (Wildman–Crippen LogP) is 5.11. The zero-order valence-corrected chi connectivity index (χ0v) is 13.8. The molecule has 2 nitrogen and oxygen atoms in total. The van der Waals surface area contributed by atoms with Crippen LogP contribution in [0.5, 0.6) is 5.75 Å². The molecular weight excluding hydrogens is 340 g/mol. The summed E-state index contributed by atoms with van der Waals surface area (Å²) in [5, 5.41) is 3.50. The summed E-state index contributed by atoms with van der Waals surface area (Å²) >= 11 is 3.38. The summed E-state index contributed by atoms with van der Waals surface area (Å²) in [6.07, 6.45) is 6.11. The summed E-state index contributed by atoms with van der Waals surface area (Å²) in [6, 6.07) is 5.62. The van der Waals surface area contributed by atoms with Gasteiger partial charge in [0.1, 0.15) is 5.75 Å². The summed E-state index contributed by atoms with van der Waals surface area (Å²) in [5.41, 5.74) is 0.767. The van der Waals surface area contributed by atoms with Crippen molar-refractivity contribution in [3.63, 3.8) is 0 Å². The number of halogens is 3. The highest BCUT2D eigenvalue weighted by Gasteiger charge is 2.20. The van der Waals surface area contributed by atoms with E-state index in [1.807, 2.05) is 6.07 Å². The van der Waals surface area contributed by atoms with Gasteiger partial charge in [-0.1, -0.05) is 42.1 Å². The van der Waals surface area contributed by atoms with Gasteiger partial charge in [-0.05, 0) is 37.0 Å². The van der Waals surface area contributed by atoms with Crippen molar-refractivity contribution in [3.8, 4) is 5.75 Å². The van der Waals surface area contributed by atoms with Crippen molar-refractivity contribution in [1.29, 1.82) is 0 Å². The predicted molar refractivity (Wildman–Crippen MR) is 83.7 cm³/mol. The van der Waals surface area contributed by atoms with Crippen LogP contribution in [0.4, 0.5) is 8.78 Å². The Kier molecular flexibility index (Phi) is 6.42. The molecule has 1 aliphatic rings. The Morgan fingerprint density at radius 2 is 2.19 bits per heavy atom. The lowest BCUT2D eigenvalue weighted by Gasteiger charge is -2.29. The number of hydrogen-bond donors (Lipinski definition) is 1. The molecule has 2 atom stereocenters. The normalized spacial score (nSPS) is 22.5. The van der Waals surface area contributed by atoms with Crippen LogP contribution in [-0.4, -0.2) is 12.7 Å². The van der Waals surface area contributed by atoms with E-state index in [1.54, 1.807) is 12.1 Å². The van der Waals surface area contributed by atoms with E-state index in [2.05, 4.69) is 32.9 Å². The third kappa shape index (κ3) is 5.22. The lowest BCUT2D eigenvalue weighted by atomic mass is 9.84. The molecule has 0 bridgehead atoms. The summed E-state index contributed by atoms with van der Waals surface area (Å²) in [4.78, 5) is 0. The second-order valence-electron chi connectivity index (χ2n) is 5.65. The summed E-state index contributed by atoms with van der Waals surface area (Å²) < 4.78 is 30.3. The fourth-order valence-corrected chi connectivity index (χ4v) is 3.41. The van der Waals surface area contributed by atoms with Crippen LogP contribution < -0.4 is 10.1 Å². The number of ether oxygens (including phenoxy) is 1. The highest BCUT2D eigenvalue weighted by atomic mass is 79.9. The Hall–Kier alpha value is -0.680. The van der Waals surface area contributed by atoms with Gasteiger partial charge in [0.2, 0.25) is 0 Å². The molecule has 2 rings (SSSR count). The molecule has 1 fully saturated rings. The monoisotopic (exact) mass is 361 g/mol. The van der Waals surface area contributed by atoms with E-state index in [-0.39, 0.29) is 5.75 Å². The van der Waals surface area contributed by atoms with Gasteiger partial charge >= 0.3 is 6.61 Å². The maximum absolute atomic E-state index is 12.4. The average molecular weight is 362 g/mol. The Bertz CT molecular complexity index is 456. The van der Waals surface area contributed by atoms with Crippen molar-refractivity contribution in [2.45, 2.75) is 58.2 Å². The molecule has 2 unspecified atom stereocenters. The molecule has 1 N–H and O–H groups in total. The number of alkyl halides is 2. The third-order valence-corrected chi connectivity index (χ3v) is 4.67. The van der Waals surface area contributed by atoms with Crippen molar-refractivity contribution in [1.82, 2.24) is 5.32 Å². The largest absolute Gasteiger partial charge is 0.434 e. The van der Waals surface area contributed by atoms with E-state index in [4.69, 9.17) is 0 Å². The second-order valence-corrected chi connectivity index (χ2v) is 6.56. The van der Waals surface area contributed by atoms with E-state index in [9.17, 15) is 8.78 Å². The van der Waals surface area contributed by atoms with E-state index >= 15 is 0 Å². The molecule has 118 valence electrons. The first-order valence-corrected chi connectivity index (χ1v) is 8.34. The SMILES string of the molecule is CCC1CCCC(NCc2cc(Br)ccc2OC(F)F)C1. The first-order valence-electron chi connectivity index (χ1n) is 7.55. The van der Waals surface area contributed by atoms with Gasteiger partial charge in [-0.15, -0.1) is 0 Å². The molecule has 0 amide bonds. The minimum atomic E-state index is -2.79. The molecule has 0 spiro atoms. The van der Waals surface area contributed by atoms with Crippen LogP contribution in [0.15, 0.2) is 22.7 Å². The molecule has 0 aliphatic heterocycles. The van der Waals surface area contributed by atoms with Crippen LogP contribution in [0, 0.1) is 5.92 Å². The molecule has 0 heterocycles. The summed E-state index contributed by atoms with van der Waals surface area (Å²) in [5.74, 6) is 1.04. The average Bonchev–Trinajstić information content (AvgIpc) is 2.47. The Balaban J connectivity index is 1.96. The van der Waals surface area contributed by atoms with Crippen LogP contribution in [-0.2, 0) is 6.54 Å². The van der Waals surface area contributed by atoms with Crippen molar-refractivity contribution < 1.29 is 13.5 Å². The van der Waals surface area contributed by atoms with Gasteiger partial charge in [0.15, 0.2) is 0 Å². The lowest BCUT2D eigenvalue weighted by molar-refractivity contribution is -0.0505. The van der Waals surface area contributed by atoms with E-state index < -0.39 is 6.61 Å². The maximum Gasteiger partial charge on any atom is 0.387 e. The topological polar surface area (TPSA) is 21.3 Å². The smallest absolute Gasteiger partial charge is 0.387 e. The van der Waals surface area contributed by atoms with Gasteiger partial charge in [0.25, 0.3) is 0 Å². The van der Waals surface area contributed by atoms with Crippen molar-refractivity contribution in [2.75, 3.05) is 0 Å². The zero-order chi connectivity index (χ0) is 15.2. The minimum Gasteiger partial charge on any atom is -0.434 e. The van der Waals surface area contributed by atoms with Crippen LogP contribution in [0.25, 0.3) is 0 Å². The molecule has 0 aromatic heterocycles. The maximum atomic E-state index is 12.4. The van der Waals surface area contributed by atoms with Crippen molar-refractivity contribution in [3.05, 3.63) is 28.2 Å². The van der Waals surface area contributed by atoms with Crippen LogP contribution in [0.3, 0.4) is 0 Å². The van der Waals surface area contributed by atoms with Gasteiger partial charge in [-0.3, -0.25) is 0 Å². The number of rotatable bonds is 6. The van der Waals surface area contributed by atoms with Gasteiger partial charge in [0.05, 0.1) is 0 Å². The first kappa shape index (κ1) is 16.7. The molecule has 5 heteroatoms. The highest BCUT2D eigenvalue weighted by Crippen LogP contribution is 2.28. The van der Waals surface area contributed by atoms with E-state index in [1.165, 1.54) is 25.7 Å². The molecule has 0 radical (unpaired) electrons. The Morgan fingerprint density at radius 1 is 1.38 bits per heavy atom. The van der Waals surface area contributed by atoms with Crippen LogP contribution >= 0.6 is 15.9 Å². The molecular formula is C16H22BrF2NO. The number of benzene rings is 1. The quantitative estimate of drug-likeness (QED) is 0.759. The van der Waals surface area contributed by atoms with Gasteiger partial charge in [0, 0.05) is 22.6 Å². The Morgan fingerprint density at radius 3 is 2.90 bits per heavy atom. The highest BCUT2D eigenvalue weighted by molar-refractivity contribution is 9.10. The Labute approximate surface area is 133 Å². The van der Waals surface area contributed by atoms with Gasteiger partial charge in [-0.25, -0.2) is 0 Å². The molecule has 0 saturated heterocycles. The van der Waals surface area contributed by atoms with Gasteiger partial charge in [-0.2, -0.15) is 8.78 Å². The summed E-state index contributed by atoms with van der Waals surface area (Å²) in [6.45, 7) is 0.00232. The van der Waals surface area contributed by atoms with Crippen LogP contribution in [0.2, 0.25) is 0 Å². The second kappa shape index (κ2) is 8.08. The van der Waals surface area contributed by atoms with E-state index in [0.717, 1.165) is 22.4 Å². The molecule has 1 aromatic rings. The lowest BCUT2D eigenvalue weighted by Crippen LogP contribution is -2.33. The molecule has 21 heavy (non-hydrogen) atoms. The minimum absolute atomic E-state index is 0.253. The number of hydrogen-bond acceptors (Lipinski definition) is 2. The molecule has 1 aliphatic carbocycles. The van der Waals surface area contributed by atoms with Crippen molar-refractivity contribution >= 4 is 15.9 Å². The van der Waals surface area contributed by atoms with Gasteiger partial charge < -0.3 is 10.1 Å².